The van der Waals surface area contributed by atoms with Gasteiger partial charge in [0, 0.05) is 17.0 Å². The van der Waals surface area contributed by atoms with Gasteiger partial charge in [0.2, 0.25) is 0 Å². The number of benzene rings is 1. The second-order valence-electron chi connectivity index (χ2n) is 3.05. The molecule has 5 nitrogen and oxygen atoms in total. The number of hydrogen-bond acceptors (Lipinski definition) is 3. The van der Waals surface area contributed by atoms with Gasteiger partial charge in [-0.15, -0.1) is 0 Å². The van der Waals surface area contributed by atoms with Gasteiger partial charge in [-0.3, -0.25) is 0 Å². The molecule has 5 heteroatoms. The lowest BCUT2D eigenvalue weighted by Crippen LogP contribution is -1.90. The number of aliphatic hydroxyl groups excluding tert-OH is 1. The average Bonchev–Trinajstić information content (AvgIpc) is 2.34. The van der Waals surface area contributed by atoms with Crippen LogP contribution in [0, 0.1) is 0 Å². The summed E-state index contributed by atoms with van der Waals surface area (Å²) in [5, 5.41) is 12.4. The van der Waals surface area contributed by atoms with Crippen LogP contribution in [-0.4, -0.2) is 18.8 Å². The van der Waals surface area contributed by atoms with Crippen LogP contribution < -0.4 is 4.74 Å². The van der Waals surface area contributed by atoms with E-state index in [1.165, 1.54) is 0 Å². The largest absolute Gasteiger partial charge is 0.496 e. The highest BCUT2D eigenvalue weighted by Crippen LogP contribution is 2.21. The van der Waals surface area contributed by atoms with Crippen LogP contribution in [0.5, 0.6) is 5.75 Å². The molecule has 0 aliphatic rings. The van der Waals surface area contributed by atoms with Crippen LogP contribution in [-0.2, 0) is 6.61 Å². The maximum Gasteiger partial charge on any atom is 0.126 e. The minimum atomic E-state index is -0.0127. The molecule has 0 saturated heterocycles. The van der Waals surface area contributed by atoms with E-state index in [1.807, 2.05) is 6.07 Å². The van der Waals surface area contributed by atoms with Gasteiger partial charge in [-0.05, 0) is 23.2 Å². The molecule has 0 fully saturated rings. The number of azide groups is 1. The number of ether oxygens (including phenoxy) is 1. The van der Waals surface area contributed by atoms with Gasteiger partial charge < -0.3 is 9.84 Å². The number of nitrogens with zero attached hydrogens (tertiary/aromatic N) is 3. The topological polar surface area (TPSA) is 78.2 Å². The number of hydrogen-bond donors (Lipinski definition) is 1. The summed E-state index contributed by atoms with van der Waals surface area (Å²) in [5.41, 5.74) is 9.77. The summed E-state index contributed by atoms with van der Waals surface area (Å²) in [6.07, 6.45) is 3.53. The van der Waals surface area contributed by atoms with Crippen molar-refractivity contribution in [2.75, 3.05) is 13.7 Å². The Balaban J connectivity index is 2.90. The van der Waals surface area contributed by atoms with Gasteiger partial charge in [0.25, 0.3) is 0 Å². The van der Waals surface area contributed by atoms with Crippen molar-refractivity contribution in [2.24, 2.45) is 5.11 Å². The lowest BCUT2D eigenvalue weighted by molar-refractivity contribution is 0.281. The number of aliphatic hydroxyl groups is 1. The molecule has 1 aromatic carbocycles. The van der Waals surface area contributed by atoms with Crippen molar-refractivity contribution in [1.29, 1.82) is 0 Å². The lowest BCUT2D eigenvalue weighted by atomic mass is 10.1. The highest BCUT2D eigenvalue weighted by atomic mass is 16.5. The average molecular weight is 219 g/mol. The SMILES string of the molecule is COc1ccc(CO)cc1C=CCN=[N+]=[N-]. The zero-order valence-corrected chi connectivity index (χ0v) is 9.00. The van der Waals surface area contributed by atoms with Gasteiger partial charge in [-0.25, -0.2) is 0 Å². The van der Waals surface area contributed by atoms with Crippen molar-refractivity contribution in [3.8, 4) is 5.75 Å². The molecule has 0 aromatic heterocycles. The van der Waals surface area contributed by atoms with Crippen LogP contribution in [0.3, 0.4) is 0 Å². The number of rotatable bonds is 5. The molecule has 0 bridgehead atoms. The first kappa shape index (κ1) is 12.1. The monoisotopic (exact) mass is 219 g/mol. The minimum Gasteiger partial charge on any atom is -0.496 e. The molecule has 1 N–H and O–H groups in total. The standard InChI is InChI=1S/C11H13N3O2/c1-16-11-5-4-9(8-15)7-10(11)3-2-6-13-14-12/h2-5,7,15H,6,8H2,1H3. The van der Waals surface area contributed by atoms with E-state index in [0.29, 0.717) is 6.54 Å². The van der Waals surface area contributed by atoms with Crippen LogP contribution in [0.4, 0.5) is 0 Å². The Bertz CT molecular complexity index is 423. The Kier molecular flexibility index (Phi) is 4.92. The zero-order valence-electron chi connectivity index (χ0n) is 9.00. The molecule has 1 aromatic rings. The molecule has 0 amide bonds. The molecule has 0 unspecified atom stereocenters. The maximum absolute atomic E-state index is 9.00. The molecule has 1 rings (SSSR count). The molecule has 16 heavy (non-hydrogen) atoms. The third-order valence-corrected chi connectivity index (χ3v) is 2.02. The highest BCUT2D eigenvalue weighted by molar-refractivity contribution is 5.58. The predicted octanol–water partition coefficient (Wildman–Crippen LogP) is 2.51. The summed E-state index contributed by atoms with van der Waals surface area (Å²) in [6.45, 7) is 0.282. The van der Waals surface area contributed by atoms with E-state index in [9.17, 15) is 0 Å². The second-order valence-corrected chi connectivity index (χ2v) is 3.05. The first-order valence-electron chi connectivity index (χ1n) is 4.77. The van der Waals surface area contributed by atoms with Gasteiger partial charge in [0.05, 0.1) is 13.7 Å². The van der Waals surface area contributed by atoms with E-state index >= 15 is 0 Å². The van der Waals surface area contributed by atoms with Crippen molar-refractivity contribution >= 4 is 6.08 Å². The molecule has 0 radical (unpaired) electrons. The Morgan fingerprint density at radius 1 is 1.56 bits per heavy atom. The van der Waals surface area contributed by atoms with Crippen molar-refractivity contribution < 1.29 is 9.84 Å². The van der Waals surface area contributed by atoms with Gasteiger partial charge in [-0.1, -0.05) is 23.3 Å². The summed E-state index contributed by atoms with van der Waals surface area (Å²) in [5.74, 6) is 0.717. The lowest BCUT2D eigenvalue weighted by Gasteiger charge is -2.06. The Hall–Kier alpha value is -1.97. The highest BCUT2D eigenvalue weighted by Gasteiger charge is 2.00. The van der Waals surface area contributed by atoms with Gasteiger partial charge in [0.15, 0.2) is 0 Å². The quantitative estimate of drug-likeness (QED) is 0.469. The fourth-order valence-corrected chi connectivity index (χ4v) is 1.28. The predicted molar refractivity (Wildman–Crippen MR) is 62.0 cm³/mol. The van der Waals surface area contributed by atoms with Crippen LogP contribution in [0.1, 0.15) is 11.1 Å². The van der Waals surface area contributed by atoms with E-state index in [0.717, 1.165) is 16.9 Å². The molecule has 0 heterocycles. The summed E-state index contributed by atoms with van der Waals surface area (Å²) < 4.78 is 5.17. The maximum atomic E-state index is 9.00. The third kappa shape index (κ3) is 3.31. The summed E-state index contributed by atoms with van der Waals surface area (Å²) in [7, 11) is 1.58. The molecule has 0 spiro atoms. The first-order chi connectivity index (χ1) is 7.81. The van der Waals surface area contributed by atoms with Gasteiger partial charge in [-0.2, -0.15) is 0 Å². The Labute approximate surface area is 93.6 Å². The first-order valence-corrected chi connectivity index (χ1v) is 4.77. The fourth-order valence-electron chi connectivity index (χ4n) is 1.28. The minimum absolute atomic E-state index is 0.0127. The van der Waals surface area contributed by atoms with Crippen LogP contribution in [0.25, 0.3) is 16.5 Å². The van der Waals surface area contributed by atoms with Crippen LogP contribution in [0.15, 0.2) is 29.4 Å². The van der Waals surface area contributed by atoms with Crippen LogP contribution in [0.2, 0.25) is 0 Å². The van der Waals surface area contributed by atoms with Crippen molar-refractivity contribution in [3.05, 3.63) is 45.8 Å². The van der Waals surface area contributed by atoms with E-state index < -0.39 is 0 Å². The second kappa shape index (κ2) is 6.50. The van der Waals surface area contributed by atoms with Crippen molar-refractivity contribution in [2.45, 2.75) is 6.61 Å². The Morgan fingerprint density at radius 2 is 2.38 bits per heavy atom. The van der Waals surface area contributed by atoms with E-state index in [4.69, 9.17) is 15.4 Å². The van der Waals surface area contributed by atoms with E-state index in [-0.39, 0.29) is 6.61 Å². The molecule has 0 saturated carbocycles. The molecule has 0 aliphatic carbocycles. The molecule has 84 valence electrons. The van der Waals surface area contributed by atoms with Crippen molar-refractivity contribution in [3.63, 3.8) is 0 Å². The normalized spacial score (nSPS) is 10.1. The third-order valence-electron chi connectivity index (χ3n) is 2.02. The van der Waals surface area contributed by atoms with Crippen LogP contribution >= 0.6 is 0 Å². The molecular formula is C11H13N3O2. The Morgan fingerprint density at radius 3 is 3.00 bits per heavy atom. The van der Waals surface area contributed by atoms with E-state index in [1.54, 1.807) is 31.4 Å². The van der Waals surface area contributed by atoms with Gasteiger partial charge in [0.1, 0.15) is 5.75 Å². The fraction of sp³-hybridized carbons (Fsp3) is 0.273. The zero-order chi connectivity index (χ0) is 11.8. The molecule has 0 aliphatic heterocycles. The molecule has 0 atom stereocenters. The molecular weight excluding hydrogens is 206 g/mol. The summed E-state index contributed by atoms with van der Waals surface area (Å²) in [4.78, 5) is 2.65. The smallest absolute Gasteiger partial charge is 0.126 e. The van der Waals surface area contributed by atoms with Crippen molar-refractivity contribution in [1.82, 2.24) is 0 Å². The summed E-state index contributed by atoms with van der Waals surface area (Å²) in [6, 6.07) is 5.41. The summed E-state index contributed by atoms with van der Waals surface area (Å²) >= 11 is 0. The number of methoxy groups -OCH3 is 1. The van der Waals surface area contributed by atoms with E-state index in [2.05, 4.69) is 10.0 Å². The van der Waals surface area contributed by atoms with Gasteiger partial charge >= 0.3 is 0 Å².